The lowest BCUT2D eigenvalue weighted by molar-refractivity contribution is 0.592. The second kappa shape index (κ2) is 7.12. The Bertz CT molecular complexity index is 645. The van der Waals surface area contributed by atoms with Crippen molar-refractivity contribution in [3.63, 3.8) is 0 Å². The van der Waals surface area contributed by atoms with Crippen LogP contribution < -0.4 is 10.6 Å². The van der Waals surface area contributed by atoms with Gasteiger partial charge in [0.1, 0.15) is 0 Å². The van der Waals surface area contributed by atoms with Crippen LogP contribution in [0.25, 0.3) is 0 Å². The van der Waals surface area contributed by atoms with Gasteiger partial charge >= 0.3 is 0 Å². The molecule has 2 rings (SSSR count). The molecule has 0 heterocycles. The van der Waals surface area contributed by atoms with Crippen LogP contribution >= 0.6 is 23.8 Å². The van der Waals surface area contributed by atoms with E-state index in [2.05, 4.69) is 49.6 Å². The highest BCUT2D eigenvalue weighted by atomic mass is 35.5. The zero-order valence-corrected chi connectivity index (χ0v) is 14.7. The lowest BCUT2D eigenvalue weighted by Crippen LogP contribution is -2.29. The van der Waals surface area contributed by atoms with Crippen molar-refractivity contribution in [2.24, 2.45) is 0 Å². The summed E-state index contributed by atoms with van der Waals surface area (Å²) in [4.78, 5) is 0. The second-order valence-corrected chi connectivity index (χ2v) is 7.07. The van der Waals surface area contributed by atoms with Gasteiger partial charge in [-0.05, 0) is 47.0 Å². The largest absolute Gasteiger partial charge is 0.358 e. The molecule has 116 valence electrons. The number of thiocarbonyl (C=S) groups is 1. The van der Waals surface area contributed by atoms with E-state index in [4.69, 9.17) is 23.8 Å². The summed E-state index contributed by atoms with van der Waals surface area (Å²) >= 11 is 11.3. The van der Waals surface area contributed by atoms with Gasteiger partial charge in [0.25, 0.3) is 0 Å². The number of anilines is 1. The van der Waals surface area contributed by atoms with Gasteiger partial charge in [-0.2, -0.15) is 0 Å². The molecule has 0 unspecified atom stereocenters. The lowest BCUT2D eigenvalue weighted by atomic mass is 9.86. The fourth-order valence-corrected chi connectivity index (χ4v) is 2.51. The van der Waals surface area contributed by atoms with Crippen LogP contribution in [-0.2, 0) is 12.0 Å². The molecule has 0 aromatic heterocycles. The minimum absolute atomic E-state index is 0.0649. The fourth-order valence-electron chi connectivity index (χ4n) is 2.20. The highest BCUT2D eigenvalue weighted by molar-refractivity contribution is 7.80. The van der Waals surface area contributed by atoms with Gasteiger partial charge in [-0.15, -0.1) is 0 Å². The molecule has 22 heavy (non-hydrogen) atoms. The first-order valence-corrected chi connectivity index (χ1v) is 8.04. The average molecular weight is 333 g/mol. The number of para-hydroxylation sites is 1. The first-order chi connectivity index (χ1) is 10.4. The van der Waals surface area contributed by atoms with E-state index in [1.54, 1.807) is 0 Å². The zero-order valence-electron chi connectivity index (χ0n) is 13.1. The van der Waals surface area contributed by atoms with Crippen LogP contribution in [0.5, 0.6) is 0 Å². The molecule has 0 saturated heterocycles. The minimum Gasteiger partial charge on any atom is -0.358 e. The third-order valence-electron chi connectivity index (χ3n) is 3.35. The summed E-state index contributed by atoms with van der Waals surface area (Å²) < 4.78 is 0. The molecule has 4 heteroatoms. The summed E-state index contributed by atoms with van der Waals surface area (Å²) in [5.41, 5.74) is 3.49. The Morgan fingerprint density at radius 3 is 2.32 bits per heavy atom. The Labute approximate surface area is 142 Å². The van der Waals surface area contributed by atoms with Gasteiger partial charge in [0.05, 0.1) is 0 Å². The fraction of sp³-hybridized carbons (Fsp3) is 0.278. The van der Waals surface area contributed by atoms with Crippen molar-refractivity contribution in [1.82, 2.24) is 5.32 Å². The third-order valence-corrected chi connectivity index (χ3v) is 3.85. The highest BCUT2D eigenvalue weighted by Gasteiger charge is 2.17. The SMILES string of the molecule is CC(C)(C)c1ccccc1NC(=S)NCc1ccc(Cl)cc1. The normalized spacial score (nSPS) is 11.1. The monoisotopic (exact) mass is 332 g/mol. The van der Waals surface area contributed by atoms with E-state index in [-0.39, 0.29) is 5.41 Å². The predicted octanol–water partition coefficient (Wildman–Crippen LogP) is 5.12. The molecule has 0 bridgehead atoms. The molecule has 0 saturated carbocycles. The molecule has 0 atom stereocenters. The maximum Gasteiger partial charge on any atom is 0.171 e. The van der Waals surface area contributed by atoms with E-state index in [9.17, 15) is 0 Å². The topological polar surface area (TPSA) is 24.1 Å². The van der Waals surface area contributed by atoms with Gasteiger partial charge in [-0.3, -0.25) is 0 Å². The number of rotatable bonds is 3. The summed E-state index contributed by atoms with van der Waals surface area (Å²) in [6.07, 6.45) is 0. The Hall–Kier alpha value is -1.58. The molecule has 0 aliphatic rings. The van der Waals surface area contributed by atoms with Crippen LogP contribution in [0.15, 0.2) is 48.5 Å². The highest BCUT2D eigenvalue weighted by Crippen LogP contribution is 2.29. The molecule has 0 aliphatic heterocycles. The van der Waals surface area contributed by atoms with Crippen molar-refractivity contribution in [1.29, 1.82) is 0 Å². The smallest absolute Gasteiger partial charge is 0.171 e. The van der Waals surface area contributed by atoms with Crippen molar-refractivity contribution in [3.05, 3.63) is 64.7 Å². The van der Waals surface area contributed by atoms with E-state index >= 15 is 0 Å². The molecule has 0 aliphatic carbocycles. The first kappa shape index (κ1) is 16.8. The Kier molecular flexibility index (Phi) is 5.43. The van der Waals surface area contributed by atoms with Gasteiger partial charge in [-0.25, -0.2) is 0 Å². The summed E-state index contributed by atoms with van der Waals surface area (Å²) in [5, 5.41) is 7.87. The molecule has 0 radical (unpaired) electrons. The molecule has 0 fully saturated rings. The van der Waals surface area contributed by atoms with E-state index in [0.717, 1.165) is 16.3 Å². The van der Waals surface area contributed by atoms with Crippen LogP contribution in [0.4, 0.5) is 5.69 Å². The minimum atomic E-state index is 0.0649. The number of halogens is 1. The average Bonchev–Trinajstić information content (AvgIpc) is 2.46. The quantitative estimate of drug-likeness (QED) is 0.762. The number of hydrogen-bond acceptors (Lipinski definition) is 1. The van der Waals surface area contributed by atoms with Crippen molar-refractivity contribution in [2.75, 3.05) is 5.32 Å². The molecule has 2 nitrogen and oxygen atoms in total. The van der Waals surface area contributed by atoms with Gasteiger partial charge in [0.2, 0.25) is 0 Å². The second-order valence-electron chi connectivity index (χ2n) is 6.23. The van der Waals surface area contributed by atoms with E-state index in [1.807, 2.05) is 30.3 Å². The molecule has 0 amide bonds. The summed E-state index contributed by atoms with van der Waals surface area (Å²) in [6.45, 7) is 7.24. The maximum atomic E-state index is 5.88. The molecule has 0 spiro atoms. The van der Waals surface area contributed by atoms with Gasteiger partial charge in [-0.1, -0.05) is 62.7 Å². The maximum absolute atomic E-state index is 5.88. The number of benzene rings is 2. The zero-order chi connectivity index (χ0) is 16.2. The molecule has 2 N–H and O–H groups in total. The Morgan fingerprint density at radius 2 is 1.68 bits per heavy atom. The number of hydrogen-bond donors (Lipinski definition) is 2. The van der Waals surface area contributed by atoms with Crippen molar-refractivity contribution in [3.8, 4) is 0 Å². The standard InChI is InChI=1S/C18H21ClN2S/c1-18(2,3)15-6-4-5-7-16(15)21-17(22)20-12-13-8-10-14(19)11-9-13/h4-11H,12H2,1-3H3,(H2,20,21,22). The van der Waals surface area contributed by atoms with Gasteiger partial charge in [0, 0.05) is 17.3 Å². The first-order valence-electron chi connectivity index (χ1n) is 7.25. The third kappa shape index (κ3) is 4.72. The van der Waals surface area contributed by atoms with Crippen LogP contribution in [0.1, 0.15) is 31.9 Å². The summed E-state index contributed by atoms with van der Waals surface area (Å²) in [7, 11) is 0. The predicted molar refractivity (Wildman–Crippen MR) is 99.7 cm³/mol. The lowest BCUT2D eigenvalue weighted by Gasteiger charge is -2.23. The van der Waals surface area contributed by atoms with Gasteiger partial charge in [0.15, 0.2) is 5.11 Å². The molecular formula is C18H21ClN2S. The molecule has 2 aromatic carbocycles. The summed E-state index contributed by atoms with van der Waals surface area (Å²) in [5.74, 6) is 0. The number of nitrogens with one attached hydrogen (secondary N) is 2. The van der Waals surface area contributed by atoms with E-state index < -0.39 is 0 Å². The molecule has 2 aromatic rings. The van der Waals surface area contributed by atoms with Crippen LogP contribution in [0.2, 0.25) is 5.02 Å². The van der Waals surface area contributed by atoms with Crippen LogP contribution in [-0.4, -0.2) is 5.11 Å². The van der Waals surface area contributed by atoms with Crippen LogP contribution in [0.3, 0.4) is 0 Å². The Morgan fingerprint density at radius 1 is 1.05 bits per heavy atom. The van der Waals surface area contributed by atoms with Crippen molar-refractivity contribution >= 4 is 34.6 Å². The van der Waals surface area contributed by atoms with Gasteiger partial charge < -0.3 is 10.6 Å². The van der Waals surface area contributed by atoms with E-state index in [0.29, 0.717) is 11.7 Å². The van der Waals surface area contributed by atoms with E-state index in [1.165, 1.54) is 5.56 Å². The Balaban J connectivity index is 1.99. The van der Waals surface area contributed by atoms with Crippen molar-refractivity contribution < 1.29 is 0 Å². The van der Waals surface area contributed by atoms with Crippen molar-refractivity contribution in [2.45, 2.75) is 32.7 Å². The molecular weight excluding hydrogens is 312 g/mol. The van der Waals surface area contributed by atoms with Crippen LogP contribution in [0, 0.1) is 0 Å². The summed E-state index contributed by atoms with van der Waals surface area (Å²) in [6, 6.07) is 16.0.